The van der Waals surface area contributed by atoms with Crippen LogP contribution in [0.4, 0.5) is 0 Å². The van der Waals surface area contributed by atoms with Crippen molar-refractivity contribution in [2.24, 2.45) is 0 Å². The Kier molecular flexibility index (Phi) is 10.6. The Labute approximate surface area is 140 Å². The second-order valence-electron chi connectivity index (χ2n) is 5.78. The first-order valence-corrected chi connectivity index (χ1v) is 7.54. The zero-order chi connectivity index (χ0) is 13.7. The standard InChI is InChI=1S/C14H27N3O2.2ClH/c1-11(10-17-7-4-3-5-8-17)16-14(18)13-12(2)19-9-6-15-13;;/h11-13,15H,3-10H2,1-2H3,(H,16,18);2*1H/t11?,12-,13+;;/m1../s1. The van der Waals surface area contributed by atoms with E-state index in [1.807, 2.05) is 6.92 Å². The highest BCUT2D eigenvalue weighted by molar-refractivity contribution is 5.85. The third-order valence-corrected chi connectivity index (χ3v) is 3.97. The van der Waals surface area contributed by atoms with E-state index in [1.165, 1.54) is 32.4 Å². The molecule has 2 rings (SSSR count). The van der Waals surface area contributed by atoms with Gasteiger partial charge < -0.3 is 20.3 Å². The number of amides is 1. The molecule has 2 N–H and O–H groups in total. The number of hydrogen-bond acceptors (Lipinski definition) is 4. The molecule has 0 aromatic rings. The third-order valence-electron chi connectivity index (χ3n) is 3.97. The van der Waals surface area contributed by atoms with Crippen LogP contribution in [0.5, 0.6) is 0 Å². The molecule has 0 spiro atoms. The number of likely N-dealkylation sites (tertiary alicyclic amines) is 1. The van der Waals surface area contributed by atoms with Crippen LogP contribution in [-0.2, 0) is 9.53 Å². The number of nitrogens with one attached hydrogen (secondary N) is 2. The van der Waals surface area contributed by atoms with Crippen molar-refractivity contribution < 1.29 is 9.53 Å². The molecule has 2 aliphatic rings. The summed E-state index contributed by atoms with van der Waals surface area (Å²) >= 11 is 0. The molecule has 2 saturated heterocycles. The van der Waals surface area contributed by atoms with Crippen molar-refractivity contribution >= 4 is 30.7 Å². The summed E-state index contributed by atoms with van der Waals surface area (Å²) in [6.45, 7) is 8.76. The second kappa shape index (κ2) is 10.6. The number of halogens is 2. The number of carbonyl (C=O) groups is 1. The Morgan fingerprint density at radius 1 is 1.33 bits per heavy atom. The lowest BCUT2D eigenvalue weighted by Gasteiger charge is -2.32. The first-order chi connectivity index (χ1) is 9.16. The van der Waals surface area contributed by atoms with Gasteiger partial charge in [-0.2, -0.15) is 0 Å². The maximum Gasteiger partial charge on any atom is 0.240 e. The van der Waals surface area contributed by atoms with Crippen molar-refractivity contribution in [2.75, 3.05) is 32.8 Å². The summed E-state index contributed by atoms with van der Waals surface area (Å²) in [7, 11) is 0. The minimum absolute atomic E-state index is 0. The largest absolute Gasteiger partial charge is 0.375 e. The van der Waals surface area contributed by atoms with E-state index in [9.17, 15) is 4.79 Å². The van der Waals surface area contributed by atoms with E-state index >= 15 is 0 Å². The van der Waals surface area contributed by atoms with Crippen molar-refractivity contribution in [1.82, 2.24) is 15.5 Å². The van der Waals surface area contributed by atoms with Crippen LogP contribution < -0.4 is 10.6 Å². The number of rotatable bonds is 4. The van der Waals surface area contributed by atoms with Crippen LogP contribution in [0.25, 0.3) is 0 Å². The van der Waals surface area contributed by atoms with E-state index in [0.717, 1.165) is 13.1 Å². The maximum atomic E-state index is 12.2. The first kappa shape index (κ1) is 20.9. The molecular weight excluding hydrogens is 313 g/mol. The molecule has 0 saturated carbocycles. The summed E-state index contributed by atoms with van der Waals surface area (Å²) in [6.07, 6.45) is 3.87. The number of nitrogens with zero attached hydrogens (tertiary/aromatic N) is 1. The van der Waals surface area contributed by atoms with E-state index < -0.39 is 0 Å². The molecule has 3 atom stereocenters. The summed E-state index contributed by atoms with van der Waals surface area (Å²) in [5.74, 6) is 0.0664. The van der Waals surface area contributed by atoms with Crippen LogP contribution in [-0.4, -0.2) is 61.8 Å². The van der Waals surface area contributed by atoms with Gasteiger partial charge >= 0.3 is 0 Å². The minimum atomic E-state index is -0.211. The van der Waals surface area contributed by atoms with Crippen LogP contribution in [0.2, 0.25) is 0 Å². The van der Waals surface area contributed by atoms with Gasteiger partial charge in [0, 0.05) is 19.1 Å². The van der Waals surface area contributed by atoms with Gasteiger partial charge in [0.15, 0.2) is 0 Å². The lowest BCUT2D eigenvalue weighted by molar-refractivity contribution is -0.129. The number of carbonyl (C=O) groups excluding carboxylic acids is 1. The number of hydrogen-bond donors (Lipinski definition) is 2. The van der Waals surface area contributed by atoms with Crippen molar-refractivity contribution in [3.8, 4) is 0 Å². The number of ether oxygens (including phenoxy) is 1. The zero-order valence-electron chi connectivity index (χ0n) is 13.0. The molecule has 126 valence electrons. The SMILES string of the molecule is CC(CN1CCCCC1)NC(=O)[C@H]1NCCO[C@@H]1C.Cl.Cl. The van der Waals surface area contributed by atoms with E-state index in [1.54, 1.807) is 0 Å². The molecule has 0 radical (unpaired) electrons. The summed E-state index contributed by atoms with van der Waals surface area (Å²) in [5, 5.41) is 6.33. The Bertz CT molecular complexity index is 302. The van der Waals surface area contributed by atoms with E-state index in [4.69, 9.17) is 4.74 Å². The first-order valence-electron chi connectivity index (χ1n) is 7.54. The van der Waals surface area contributed by atoms with Gasteiger partial charge in [-0.3, -0.25) is 4.79 Å². The fourth-order valence-electron chi connectivity index (χ4n) is 2.93. The average Bonchev–Trinajstić information content (AvgIpc) is 2.40. The van der Waals surface area contributed by atoms with Crippen LogP contribution in [0.15, 0.2) is 0 Å². The van der Waals surface area contributed by atoms with Gasteiger partial charge in [-0.05, 0) is 39.8 Å². The molecule has 2 aliphatic heterocycles. The quantitative estimate of drug-likeness (QED) is 0.806. The molecule has 5 nitrogen and oxygen atoms in total. The lowest BCUT2D eigenvalue weighted by atomic mass is 10.1. The molecular formula is C14H29Cl2N3O2. The summed E-state index contributed by atoms with van der Waals surface area (Å²) in [6, 6.07) is -0.0147. The van der Waals surface area contributed by atoms with Crippen molar-refractivity contribution in [3.63, 3.8) is 0 Å². The average molecular weight is 342 g/mol. The Hall–Kier alpha value is -0.0700. The molecule has 0 bridgehead atoms. The highest BCUT2D eigenvalue weighted by Crippen LogP contribution is 2.09. The molecule has 0 aliphatic carbocycles. The van der Waals surface area contributed by atoms with Crippen LogP contribution in [0.1, 0.15) is 33.1 Å². The number of morpholine rings is 1. The van der Waals surface area contributed by atoms with Gasteiger partial charge in [-0.1, -0.05) is 6.42 Å². The van der Waals surface area contributed by atoms with Crippen molar-refractivity contribution in [1.29, 1.82) is 0 Å². The predicted octanol–water partition coefficient (Wildman–Crippen LogP) is 1.20. The summed E-state index contributed by atoms with van der Waals surface area (Å²) < 4.78 is 5.51. The Balaban J connectivity index is 0.00000200. The number of piperidine rings is 1. The van der Waals surface area contributed by atoms with Crippen molar-refractivity contribution in [2.45, 2.75) is 51.3 Å². The lowest BCUT2D eigenvalue weighted by Crippen LogP contribution is -2.57. The Morgan fingerprint density at radius 2 is 2.00 bits per heavy atom. The molecule has 1 amide bonds. The fourth-order valence-corrected chi connectivity index (χ4v) is 2.93. The van der Waals surface area contributed by atoms with Crippen LogP contribution in [0, 0.1) is 0 Å². The second-order valence-corrected chi connectivity index (χ2v) is 5.78. The molecule has 2 fully saturated rings. The summed E-state index contributed by atoms with van der Waals surface area (Å²) in [5.41, 5.74) is 0. The molecule has 21 heavy (non-hydrogen) atoms. The molecule has 2 heterocycles. The minimum Gasteiger partial charge on any atom is -0.375 e. The van der Waals surface area contributed by atoms with E-state index in [0.29, 0.717) is 6.61 Å². The zero-order valence-corrected chi connectivity index (χ0v) is 14.6. The third kappa shape index (κ3) is 6.70. The van der Waals surface area contributed by atoms with Gasteiger partial charge in [-0.25, -0.2) is 0 Å². The molecule has 0 aromatic carbocycles. The Morgan fingerprint density at radius 3 is 2.62 bits per heavy atom. The smallest absolute Gasteiger partial charge is 0.240 e. The monoisotopic (exact) mass is 341 g/mol. The van der Waals surface area contributed by atoms with Crippen LogP contribution in [0.3, 0.4) is 0 Å². The van der Waals surface area contributed by atoms with E-state index in [2.05, 4.69) is 22.5 Å². The van der Waals surface area contributed by atoms with Gasteiger partial charge in [0.1, 0.15) is 6.04 Å². The van der Waals surface area contributed by atoms with Gasteiger partial charge in [0.05, 0.1) is 12.7 Å². The molecule has 1 unspecified atom stereocenters. The van der Waals surface area contributed by atoms with Gasteiger partial charge in [0.2, 0.25) is 5.91 Å². The van der Waals surface area contributed by atoms with Crippen molar-refractivity contribution in [3.05, 3.63) is 0 Å². The predicted molar refractivity (Wildman–Crippen MR) is 89.6 cm³/mol. The molecule has 7 heteroatoms. The summed E-state index contributed by atoms with van der Waals surface area (Å²) in [4.78, 5) is 14.6. The normalized spacial score (nSPS) is 27.9. The van der Waals surface area contributed by atoms with Gasteiger partial charge in [-0.15, -0.1) is 24.8 Å². The topological polar surface area (TPSA) is 53.6 Å². The highest BCUT2D eigenvalue weighted by Gasteiger charge is 2.29. The fraction of sp³-hybridized carbons (Fsp3) is 0.929. The maximum absolute atomic E-state index is 12.2. The molecule has 0 aromatic heterocycles. The highest BCUT2D eigenvalue weighted by atomic mass is 35.5. The van der Waals surface area contributed by atoms with Crippen LogP contribution >= 0.6 is 24.8 Å². The van der Waals surface area contributed by atoms with E-state index in [-0.39, 0.29) is 48.9 Å². The van der Waals surface area contributed by atoms with Gasteiger partial charge in [0.25, 0.3) is 0 Å².